The van der Waals surface area contributed by atoms with Gasteiger partial charge in [0.25, 0.3) is 0 Å². The molecule has 0 aliphatic rings. The van der Waals surface area contributed by atoms with Crippen LogP contribution < -0.4 is 0 Å². The normalized spacial score (nSPS) is 10.6. The predicted molar refractivity (Wildman–Crippen MR) is 39.9 cm³/mol. The Balaban J connectivity index is 2.50. The van der Waals surface area contributed by atoms with Gasteiger partial charge in [-0.15, -0.1) is 8.19 Å². The van der Waals surface area contributed by atoms with Crippen LogP contribution in [-0.4, -0.2) is 0 Å². The lowest BCUT2D eigenvalue weighted by molar-refractivity contribution is 0.927. The van der Waals surface area contributed by atoms with Crippen LogP contribution in [0, 0.1) is 0 Å². The third-order valence-corrected chi connectivity index (χ3v) is 2.10. The van der Waals surface area contributed by atoms with Crippen molar-refractivity contribution in [2.45, 2.75) is 19.8 Å². The van der Waals surface area contributed by atoms with Gasteiger partial charge < -0.3 is 0 Å². The van der Waals surface area contributed by atoms with Crippen LogP contribution in [0.4, 0.5) is 0 Å². The van der Waals surface area contributed by atoms with E-state index in [9.17, 15) is 0 Å². The molecule has 1 rings (SSSR count). The van der Waals surface area contributed by atoms with Crippen molar-refractivity contribution in [2.24, 2.45) is 0 Å². The molecule has 1 heteroatoms. The van der Waals surface area contributed by atoms with E-state index >= 15 is 0 Å². The summed E-state index contributed by atoms with van der Waals surface area (Å²) in [7, 11) is 0.956. The summed E-state index contributed by atoms with van der Waals surface area (Å²) in [6.45, 7) is 2.22. The smallest absolute Gasteiger partial charge is 0.0278 e. The summed E-state index contributed by atoms with van der Waals surface area (Å²) >= 11 is 0. The maximum atomic E-state index is 2.32. The highest BCUT2D eigenvalue weighted by atomic mass is 31.0. The molecule has 0 saturated heterocycles. The Morgan fingerprint density at radius 2 is 2.50 bits per heavy atom. The Morgan fingerprint density at radius 1 is 1.62 bits per heavy atom. The van der Waals surface area contributed by atoms with Crippen molar-refractivity contribution in [3.8, 4) is 0 Å². The minimum Gasteiger partial charge on any atom is -0.140 e. The maximum absolute atomic E-state index is 2.32. The van der Waals surface area contributed by atoms with E-state index in [4.69, 9.17) is 0 Å². The second-order valence-electron chi connectivity index (χ2n) is 1.97. The molecule has 0 saturated carbocycles. The quantitative estimate of drug-likeness (QED) is 0.571. The molecule has 1 heterocycles. The lowest BCUT2D eigenvalue weighted by Crippen LogP contribution is -1.73. The third-order valence-electron chi connectivity index (χ3n) is 1.20. The summed E-state index contributed by atoms with van der Waals surface area (Å²) in [5.74, 6) is 4.56. The lowest BCUT2D eigenvalue weighted by Gasteiger charge is -1.86. The topological polar surface area (TPSA) is 0 Å². The number of aryl methyl sites for hydroxylation is 1. The zero-order valence-electron chi connectivity index (χ0n) is 5.15. The fourth-order valence-corrected chi connectivity index (χ4v) is 1.66. The number of hydrogen-bond donors (Lipinski definition) is 0. The van der Waals surface area contributed by atoms with Gasteiger partial charge in [-0.25, -0.2) is 0 Å². The van der Waals surface area contributed by atoms with Crippen molar-refractivity contribution in [2.75, 3.05) is 0 Å². The summed E-state index contributed by atoms with van der Waals surface area (Å²) in [4.78, 5) is 0. The van der Waals surface area contributed by atoms with Gasteiger partial charge in [-0.05, 0) is 23.6 Å². The van der Waals surface area contributed by atoms with Gasteiger partial charge in [-0.1, -0.05) is 19.4 Å². The summed E-state index contributed by atoms with van der Waals surface area (Å²) in [6, 6.07) is 2.24. The highest BCUT2D eigenvalue weighted by Crippen LogP contribution is 2.11. The standard InChI is InChI=1S/C7H11P/c1-2-3-7-4-5-8-6-7/h4-6,8H,2-3H2,1H3. The molecule has 44 valence electrons. The van der Waals surface area contributed by atoms with E-state index in [1.165, 1.54) is 18.4 Å². The van der Waals surface area contributed by atoms with Gasteiger partial charge in [0.2, 0.25) is 0 Å². The van der Waals surface area contributed by atoms with E-state index in [-0.39, 0.29) is 0 Å². The molecule has 1 atom stereocenters. The fourth-order valence-electron chi connectivity index (χ4n) is 0.803. The van der Waals surface area contributed by atoms with Crippen molar-refractivity contribution in [3.63, 3.8) is 0 Å². The molecule has 0 aliphatic carbocycles. The SMILES string of the molecule is CCCc1cc[pH]c1. The van der Waals surface area contributed by atoms with Crippen LogP contribution in [0.25, 0.3) is 0 Å². The molecule has 0 fully saturated rings. The zero-order valence-corrected chi connectivity index (χ0v) is 6.15. The van der Waals surface area contributed by atoms with E-state index < -0.39 is 0 Å². The minimum atomic E-state index is 0.956. The van der Waals surface area contributed by atoms with E-state index in [0.717, 1.165) is 8.19 Å². The molecule has 0 radical (unpaired) electrons. The van der Waals surface area contributed by atoms with E-state index in [0.29, 0.717) is 0 Å². The van der Waals surface area contributed by atoms with Gasteiger partial charge in [0.1, 0.15) is 0 Å². The Bertz CT molecular complexity index is 130. The van der Waals surface area contributed by atoms with Gasteiger partial charge in [0.05, 0.1) is 0 Å². The Labute approximate surface area is 52.0 Å². The largest absolute Gasteiger partial charge is 0.140 e. The molecule has 0 amide bonds. The molecule has 8 heavy (non-hydrogen) atoms. The third kappa shape index (κ3) is 1.38. The van der Waals surface area contributed by atoms with Crippen LogP contribution in [0.3, 0.4) is 0 Å². The predicted octanol–water partition coefficient (Wildman–Crippen LogP) is 2.67. The summed E-state index contributed by atoms with van der Waals surface area (Å²) in [5, 5.41) is 0. The Hall–Kier alpha value is -0.220. The second kappa shape index (κ2) is 2.94. The van der Waals surface area contributed by atoms with Crippen molar-refractivity contribution < 1.29 is 0 Å². The molecule has 0 bridgehead atoms. The van der Waals surface area contributed by atoms with Crippen LogP contribution >= 0.6 is 8.19 Å². The molecule has 0 N–H and O–H groups in total. The van der Waals surface area contributed by atoms with Crippen molar-refractivity contribution in [1.82, 2.24) is 0 Å². The van der Waals surface area contributed by atoms with Gasteiger partial charge in [0.15, 0.2) is 0 Å². The molecule has 0 nitrogen and oxygen atoms in total. The molecule has 0 spiro atoms. The number of hydrogen-bond acceptors (Lipinski definition) is 0. The van der Waals surface area contributed by atoms with E-state index in [2.05, 4.69) is 24.6 Å². The summed E-state index contributed by atoms with van der Waals surface area (Å²) < 4.78 is 0. The maximum Gasteiger partial charge on any atom is -0.0278 e. The van der Waals surface area contributed by atoms with Crippen LogP contribution in [0.2, 0.25) is 0 Å². The molecular weight excluding hydrogens is 115 g/mol. The molecule has 1 aromatic heterocycles. The first-order chi connectivity index (χ1) is 3.93. The monoisotopic (exact) mass is 126 g/mol. The Kier molecular flexibility index (Phi) is 2.17. The summed E-state index contributed by atoms with van der Waals surface area (Å²) in [6.07, 6.45) is 2.55. The Morgan fingerprint density at radius 3 is 3.00 bits per heavy atom. The molecule has 1 unspecified atom stereocenters. The molecule has 0 aliphatic heterocycles. The summed E-state index contributed by atoms with van der Waals surface area (Å²) in [5.41, 5.74) is 1.53. The van der Waals surface area contributed by atoms with Crippen molar-refractivity contribution >= 4 is 8.19 Å². The molecular formula is C7H11P. The van der Waals surface area contributed by atoms with E-state index in [1.54, 1.807) is 0 Å². The number of rotatable bonds is 2. The first-order valence-electron chi connectivity index (χ1n) is 3.05. The zero-order chi connectivity index (χ0) is 5.82. The van der Waals surface area contributed by atoms with Gasteiger partial charge in [0, 0.05) is 0 Å². The van der Waals surface area contributed by atoms with Crippen LogP contribution in [0.15, 0.2) is 17.7 Å². The lowest BCUT2D eigenvalue weighted by atomic mass is 10.2. The van der Waals surface area contributed by atoms with Gasteiger partial charge in [-0.3, -0.25) is 0 Å². The molecule has 0 aromatic carbocycles. The fraction of sp³-hybridized carbons (Fsp3) is 0.429. The van der Waals surface area contributed by atoms with Crippen molar-refractivity contribution in [3.05, 3.63) is 23.2 Å². The first kappa shape index (κ1) is 5.91. The van der Waals surface area contributed by atoms with Crippen LogP contribution in [0.1, 0.15) is 18.9 Å². The van der Waals surface area contributed by atoms with Crippen molar-refractivity contribution in [1.29, 1.82) is 0 Å². The van der Waals surface area contributed by atoms with E-state index in [1.807, 2.05) is 0 Å². The average Bonchev–Trinajstić information content (AvgIpc) is 2.19. The van der Waals surface area contributed by atoms with Gasteiger partial charge >= 0.3 is 0 Å². The average molecular weight is 126 g/mol. The highest BCUT2D eigenvalue weighted by Gasteiger charge is 1.85. The molecule has 1 aromatic rings. The van der Waals surface area contributed by atoms with Crippen LogP contribution in [0.5, 0.6) is 0 Å². The highest BCUT2D eigenvalue weighted by molar-refractivity contribution is 7.28. The van der Waals surface area contributed by atoms with Crippen LogP contribution in [-0.2, 0) is 6.42 Å². The minimum absolute atomic E-state index is 0.956. The van der Waals surface area contributed by atoms with Gasteiger partial charge in [-0.2, -0.15) is 0 Å². The first-order valence-corrected chi connectivity index (χ1v) is 4.20. The second-order valence-corrected chi connectivity index (χ2v) is 2.92.